The van der Waals surface area contributed by atoms with Gasteiger partial charge in [-0.15, -0.1) is 31.4 Å². The summed E-state index contributed by atoms with van der Waals surface area (Å²) in [4.78, 5) is 2.44. The highest BCUT2D eigenvalue weighted by atomic mass is 35.5. The zero-order valence-electron chi connectivity index (χ0n) is 12.5. The Bertz CT molecular complexity index is 434. The molecule has 0 amide bonds. The van der Waals surface area contributed by atoms with Gasteiger partial charge in [-0.25, -0.2) is 0 Å². The summed E-state index contributed by atoms with van der Waals surface area (Å²) in [6.07, 6.45) is 3.69. The van der Waals surface area contributed by atoms with Crippen molar-refractivity contribution in [3.8, 4) is 5.75 Å². The Labute approximate surface area is 140 Å². The summed E-state index contributed by atoms with van der Waals surface area (Å²) in [6.45, 7) is 10.0. The van der Waals surface area contributed by atoms with Crippen LogP contribution in [0.2, 0.25) is 0 Å². The fourth-order valence-electron chi connectivity index (χ4n) is 2.79. The average Bonchev–Trinajstić information content (AvgIpc) is 2.46. The van der Waals surface area contributed by atoms with Gasteiger partial charge in [-0.05, 0) is 18.4 Å². The van der Waals surface area contributed by atoms with Crippen LogP contribution in [-0.2, 0) is 6.42 Å². The molecule has 1 aromatic carbocycles. The smallest absolute Gasteiger partial charge is 0.123 e. The first kappa shape index (κ1) is 20.3. The number of hydrogen-bond donors (Lipinski definition) is 2. The normalized spacial score (nSPS) is 16.4. The molecule has 120 valence electrons. The molecule has 0 unspecified atom stereocenters. The van der Waals surface area contributed by atoms with E-state index in [-0.39, 0.29) is 30.9 Å². The Kier molecular flexibility index (Phi) is 9.71. The van der Waals surface area contributed by atoms with E-state index in [9.17, 15) is 5.11 Å². The number of hydrogen-bond acceptors (Lipinski definition) is 3. The number of rotatable bonds is 5. The van der Waals surface area contributed by atoms with Crippen LogP contribution >= 0.6 is 24.8 Å². The summed E-state index contributed by atoms with van der Waals surface area (Å²) >= 11 is 0. The summed E-state index contributed by atoms with van der Waals surface area (Å²) < 4.78 is 0. The minimum atomic E-state index is 0. The van der Waals surface area contributed by atoms with Crippen LogP contribution in [0.4, 0.5) is 0 Å². The minimum Gasteiger partial charge on any atom is -0.507 e. The molecule has 1 atom stereocenters. The van der Waals surface area contributed by atoms with E-state index in [1.54, 1.807) is 0 Å². The van der Waals surface area contributed by atoms with E-state index in [4.69, 9.17) is 0 Å². The van der Waals surface area contributed by atoms with Crippen LogP contribution in [0.1, 0.15) is 30.5 Å². The highest BCUT2D eigenvalue weighted by Gasteiger charge is 2.23. The Morgan fingerprint density at radius 2 is 2.00 bits per heavy atom. The van der Waals surface area contributed by atoms with Crippen molar-refractivity contribution in [3.05, 3.63) is 42.0 Å². The van der Waals surface area contributed by atoms with Crippen molar-refractivity contribution in [2.45, 2.75) is 25.8 Å². The molecule has 1 saturated heterocycles. The van der Waals surface area contributed by atoms with Crippen LogP contribution in [0, 0.1) is 0 Å². The lowest BCUT2D eigenvalue weighted by Gasteiger charge is -2.35. The lowest BCUT2D eigenvalue weighted by molar-refractivity contribution is 0.172. The van der Waals surface area contributed by atoms with E-state index in [2.05, 4.69) is 23.7 Å². The van der Waals surface area contributed by atoms with E-state index in [1.807, 2.05) is 24.3 Å². The predicted octanol–water partition coefficient (Wildman–Crippen LogP) is 3.32. The molecule has 0 saturated carbocycles. The second kappa shape index (κ2) is 10.1. The van der Waals surface area contributed by atoms with Crippen LogP contribution < -0.4 is 5.32 Å². The first-order valence-corrected chi connectivity index (χ1v) is 7.14. The number of para-hydroxylation sites is 1. The quantitative estimate of drug-likeness (QED) is 0.812. The molecular weight excluding hydrogens is 307 g/mol. The molecule has 2 rings (SSSR count). The van der Waals surface area contributed by atoms with Crippen molar-refractivity contribution < 1.29 is 5.11 Å². The maximum absolute atomic E-state index is 10.4. The van der Waals surface area contributed by atoms with Gasteiger partial charge in [0, 0.05) is 37.8 Å². The SMILES string of the molecule is C=CC[C@H](c1cccc(CC)c1O)N1CCNCC1.Cl.Cl. The van der Waals surface area contributed by atoms with Crippen molar-refractivity contribution in [1.82, 2.24) is 10.2 Å². The molecule has 1 aromatic rings. The molecule has 2 N–H and O–H groups in total. The zero-order chi connectivity index (χ0) is 13.7. The van der Waals surface area contributed by atoms with Crippen molar-refractivity contribution in [3.63, 3.8) is 0 Å². The molecule has 0 spiro atoms. The summed E-state index contributed by atoms with van der Waals surface area (Å²) in [7, 11) is 0. The number of nitrogens with one attached hydrogen (secondary N) is 1. The number of halogens is 2. The summed E-state index contributed by atoms with van der Waals surface area (Å²) in [6, 6.07) is 6.34. The molecule has 1 heterocycles. The standard InChI is InChI=1S/C16H24N2O.2ClH/c1-3-6-15(18-11-9-17-10-12-18)14-8-5-7-13(4-2)16(14)19;;/h3,5,7-8,15,17,19H,1,4,6,9-12H2,2H3;2*1H/t15-;;/m1../s1. The number of nitrogens with zero attached hydrogens (tertiary/aromatic N) is 1. The fraction of sp³-hybridized carbons (Fsp3) is 0.500. The first-order valence-electron chi connectivity index (χ1n) is 7.14. The molecule has 0 aromatic heterocycles. The van der Waals surface area contributed by atoms with Crippen LogP contribution in [-0.4, -0.2) is 36.2 Å². The fourth-order valence-corrected chi connectivity index (χ4v) is 2.79. The molecule has 0 radical (unpaired) electrons. The monoisotopic (exact) mass is 332 g/mol. The Hall–Kier alpha value is -0.740. The van der Waals surface area contributed by atoms with Gasteiger partial charge in [0.05, 0.1) is 0 Å². The van der Waals surface area contributed by atoms with Crippen molar-refractivity contribution in [1.29, 1.82) is 0 Å². The largest absolute Gasteiger partial charge is 0.507 e. The molecule has 1 aliphatic rings. The topological polar surface area (TPSA) is 35.5 Å². The van der Waals surface area contributed by atoms with Gasteiger partial charge in [-0.3, -0.25) is 4.90 Å². The van der Waals surface area contributed by atoms with Gasteiger partial charge in [0.15, 0.2) is 0 Å². The lowest BCUT2D eigenvalue weighted by Crippen LogP contribution is -2.45. The molecule has 1 fully saturated rings. The molecular formula is C16H26Cl2N2O. The number of phenols is 1. The van der Waals surface area contributed by atoms with E-state index in [0.29, 0.717) is 5.75 Å². The number of aryl methyl sites for hydroxylation is 1. The summed E-state index contributed by atoms with van der Waals surface area (Å²) in [5, 5.41) is 13.8. The molecule has 5 heteroatoms. The third-order valence-electron chi connectivity index (χ3n) is 3.87. The second-order valence-corrected chi connectivity index (χ2v) is 5.03. The molecule has 3 nitrogen and oxygen atoms in total. The van der Waals surface area contributed by atoms with E-state index in [1.165, 1.54) is 0 Å². The maximum atomic E-state index is 10.4. The number of benzene rings is 1. The van der Waals surface area contributed by atoms with Crippen molar-refractivity contribution in [2.75, 3.05) is 26.2 Å². The summed E-state index contributed by atoms with van der Waals surface area (Å²) in [5.74, 6) is 0.468. The minimum absolute atomic E-state index is 0. The number of aromatic hydroxyl groups is 1. The highest BCUT2D eigenvalue weighted by molar-refractivity contribution is 5.85. The first-order chi connectivity index (χ1) is 9.27. The zero-order valence-corrected chi connectivity index (χ0v) is 14.2. The number of phenolic OH excluding ortho intramolecular Hbond substituents is 1. The number of piperazine rings is 1. The molecule has 0 aliphatic carbocycles. The highest BCUT2D eigenvalue weighted by Crippen LogP contribution is 2.34. The third kappa shape index (κ3) is 4.89. The van der Waals surface area contributed by atoms with Gasteiger partial charge >= 0.3 is 0 Å². The van der Waals surface area contributed by atoms with E-state index < -0.39 is 0 Å². The van der Waals surface area contributed by atoms with E-state index in [0.717, 1.165) is 50.1 Å². The third-order valence-corrected chi connectivity index (χ3v) is 3.87. The van der Waals surface area contributed by atoms with E-state index >= 15 is 0 Å². The van der Waals surface area contributed by atoms with Crippen molar-refractivity contribution in [2.24, 2.45) is 0 Å². The summed E-state index contributed by atoms with van der Waals surface area (Å²) in [5.41, 5.74) is 2.07. The van der Waals surface area contributed by atoms with Crippen LogP contribution in [0.15, 0.2) is 30.9 Å². The average molecular weight is 333 g/mol. The Morgan fingerprint density at radius 3 is 2.57 bits per heavy atom. The lowest BCUT2D eigenvalue weighted by atomic mass is 9.97. The van der Waals surface area contributed by atoms with Crippen LogP contribution in [0.25, 0.3) is 0 Å². The Morgan fingerprint density at radius 1 is 1.33 bits per heavy atom. The predicted molar refractivity (Wildman–Crippen MR) is 94.0 cm³/mol. The van der Waals surface area contributed by atoms with Gasteiger partial charge < -0.3 is 10.4 Å². The maximum Gasteiger partial charge on any atom is 0.123 e. The molecule has 21 heavy (non-hydrogen) atoms. The van der Waals surface area contributed by atoms with Gasteiger partial charge in [0.1, 0.15) is 5.75 Å². The Balaban J connectivity index is 0.00000200. The van der Waals surface area contributed by atoms with Crippen LogP contribution in [0.5, 0.6) is 5.75 Å². The van der Waals surface area contributed by atoms with Gasteiger partial charge in [-0.1, -0.05) is 31.2 Å². The second-order valence-electron chi connectivity index (χ2n) is 5.03. The molecule has 0 bridgehead atoms. The van der Waals surface area contributed by atoms with Crippen molar-refractivity contribution >= 4 is 24.8 Å². The van der Waals surface area contributed by atoms with Gasteiger partial charge in [-0.2, -0.15) is 0 Å². The molecule has 1 aliphatic heterocycles. The van der Waals surface area contributed by atoms with Crippen LogP contribution in [0.3, 0.4) is 0 Å². The van der Waals surface area contributed by atoms with Gasteiger partial charge in [0.2, 0.25) is 0 Å². The van der Waals surface area contributed by atoms with Gasteiger partial charge in [0.25, 0.3) is 0 Å².